The summed E-state index contributed by atoms with van der Waals surface area (Å²) < 4.78 is 10.4. The molecule has 6 rings (SSSR count). The minimum Gasteiger partial charge on any atom is -0.484 e. The fraction of sp³-hybridized carbons (Fsp3) is 0.371. The standard InChI is InChI=1S/C35H41N7O2/c1-22(2)33-39-38-31-18-15-26(21-41(31)33)44-30-17-16-29(27-9-7-8-10-28(27)30)36-34(43)37-32-19-24(20-35(4,5)6)40-42(32)25-13-11-23(3)12-14-25/h7-15,18-19,21-22,29-30H,16-17,20H2,1-6H3,(H2,36,37,43). The van der Waals surface area contributed by atoms with Crippen molar-refractivity contribution >= 4 is 17.5 Å². The van der Waals surface area contributed by atoms with E-state index in [-0.39, 0.29) is 29.5 Å². The molecule has 0 spiro atoms. The molecular formula is C35H41N7O2. The van der Waals surface area contributed by atoms with E-state index in [9.17, 15) is 4.79 Å². The van der Waals surface area contributed by atoms with Crippen molar-refractivity contribution in [3.8, 4) is 11.4 Å². The van der Waals surface area contributed by atoms with Crippen LogP contribution in [0.25, 0.3) is 11.3 Å². The fourth-order valence-electron chi connectivity index (χ4n) is 5.88. The van der Waals surface area contributed by atoms with E-state index >= 15 is 0 Å². The second kappa shape index (κ2) is 11.8. The Balaban J connectivity index is 1.20. The van der Waals surface area contributed by atoms with E-state index in [0.29, 0.717) is 5.82 Å². The lowest BCUT2D eigenvalue weighted by Crippen LogP contribution is -2.36. The number of amides is 2. The van der Waals surface area contributed by atoms with Crippen LogP contribution in [0.5, 0.6) is 5.75 Å². The van der Waals surface area contributed by atoms with E-state index < -0.39 is 0 Å². The molecule has 2 N–H and O–H groups in total. The molecule has 2 aromatic carbocycles. The van der Waals surface area contributed by atoms with Crippen LogP contribution < -0.4 is 15.4 Å². The van der Waals surface area contributed by atoms with Gasteiger partial charge < -0.3 is 10.1 Å². The van der Waals surface area contributed by atoms with Crippen LogP contribution in [0.3, 0.4) is 0 Å². The first kappa shape index (κ1) is 29.4. The molecule has 3 aromatic heterocycles. The molecule has 44 heavy (non-hydrogen) atoms. The van der Waals surface area contributed by atoms with Crippen LogP contribution in [0.4, 0.5) is 10.6 Å². The number of fused-ring (bicyclic) bond motifs is 2. The predicted molar refractivity (Wildman–Crippen MR) is 172 cm³/mol. The molecule has 1 aliphatic carbocycles. The number of rotatable bonds is 7. The van der Waals surface area contributed by atoms with Crippen molar-refractivity contribution in [3.63, 3.8) is 0 Å². The Bertz CT molecular complexity index is 1780. The molecule has 0 saturated heterocycles. The van der Waals surface area contributed by atoms with E-state index in [1.165, 1.54) is 5.56 Å². The SMILES string of the molecule is Cc1ccc(-n2nc(CC(C)(C)C)cc2NC(=O)NC2CCC(Oc3ccc4nnc(C(C)C)n4c3)c3ccccc32)cc1. The molecule has 2 atom stereocenters. The number of nitrogens with one attached hydrogen (secondary N) is 2. The van der Waals surface area contributed by atoms with Crippen molar-refractivity contribution in [2.45, 2.75) is 78.9 Å². The van der Waals surface area contributed by atoms with Gasteiger partial charge in [-0.15, -0.1) is 10.2 Å². The first-order valence-corrected chi connectivity index (χ1v) is 15.4. The van der Waals surface area contributed by atoms with Gasteiger partial charge in [-0.3, -0.25) is 9.72 Å². The summed E-state index contributed by atoms with van der Waals surface area (Å²) in [5, 5.41) is 19.8. The quantitative estimate of drug-likeness (QED) is 0.202. The molecule has 0 aliphatic heterocycles. The highest BCUT2D eigenvalue weighted by molar-refractivity contribution is 5.89. The first-order chi connectivity index (χ1) is 21.0. The molecule has 0 saturated carbocycles. The molecular weight excluding hydrogens is 550 g/mol. The van der Waals surface area contributed by atoms with Gasteiger partial charge in [0.05, 0.1) is 23.6 Å². The summed E-state index contributed by atoms with van der Waals surface area (Å²) >= 11 is 0. The van der Waals surface area contributed by atoms with Crippen LogP contribution >= 0.6 is 0 Å². The lowest BCUT2D eigenvalue weighted by atomic mass is 9.85. The molecule has 0 bridgehead atoms. The zero-order valence-corrected chi connectivity index (χ0v) is 26.3. The Labute approximate surface area is 258 Å². The molecule has 228 valence electrons. The van der Waals surface area contributed by atoms with Gasteiger partial charge in [-0.1, -0.05) is 76.6 Å². The van der Waals surface area contributed by atoms with Crippen molar-refractivity contribution in [2.24, 2.45) is 5.41 Å². The van der Waals surface area contributed by atoms with Crippen LogP contribution in [0.1, 0.15) is 93.7 Å². The van der Waals surface area contributed by atoms with Gasteiger partial charge in [0.15, 0.2) is 5.65 Å². The van der Waals surface area contributed by atoms with Gasteiger partial charge in [0, 0.05) is 12.0 Å². The number of aryl methyl sites for hydroxylation is 1. The van der Waals surface area contributed by atoms with Gasteiger partial charge in [0.1, 0.15) is 23.5 Å². The summed E-state index contributed by atoms with van der Waals surface area (Å²) in [5.74, 6) is 2.55. The van der Waals surface area contributed by atoms with Gasteiger partial charge in [-0.2, -0.15) is 5.10 Å². The number of carbonyl (C=O) groups is 1. The minimum atomic E-state index is -0.265. The molecule has 2 unspecified atom stereocenters. The van der Waals surface area contributed by atoms with Crippen LogP contribution in [0.15, 0.2) is 72.9 Å². The third kappa shape index (κ3) is 6.32. The van der Waals surface area contributed by atoms with Crippen LogP contribution in [0, 0.1) is 12.3 Å². The molecule has 3 heterocycles. The fourth-order valence-corrected chi connectivity index (χ4v) is 5.88. The predicted octanol–water partition coefficient (Wildman–Crippen LogP) is 7.71. The van der Waals surface area contributed by atoms with Crippen LogP contribution in [-0.4, -0.2) is 30.4 Å². The number of ether oxygens (including phenoxy) is 1. The van der Waals surface area contributed by atoms with Gasteiger partial charge in [0.2, 0.25) is 0 Å². The molecule has 0 fully saturated rings. The highest BCUT2D eigenvalue weighted by atomic mass is 16.5. The third-order valence-electron chi connectivity index (χ3n) is 7.93. The van der Waals surface area contributed by atoms with Gasteiger partial charge in [0.25, 0.3) is 0 Å². The zero-order valence-electron chi connectivity index (χ0n) is 26.3. The number of carbonyl (C=O) groups excluding carboxylic acids is 1. The summed E-state index contributed by atoms with van der Waals surface area (Å²) in [7, 11) is 0. The number of hydrogen-bond donors (Lipinski definition) is 2. The maximum atomic E-state index is 13.5. The Morgan fingerprint density at radius 1 is 1.00 bits per heavy atom. The van der Waals surface area contributed by atoms with Gasteiger partial charge in [-0.05, 0) is 67.0 Å². The monoisotopic (exact) mass is 591 g/mol. The summed E-state index contributed by atoms with van der Waals surface area (Å²) in [6, 6.07) is 21.8. The minimum absolute atomic E-state index is 0.0640. The first-order valence-electron chi connectivity index (χ1n) is 15.4. The smallest absolute Gasteiger partial charge is 0.320 e. The normalized spacial score (nSPS) is 16.6. The number of pyridine rings is 1. The summed E-state index contributed by atoms with van der Waals surface area (Å²) in [4.78, 5) is 13.5. The average molecular weight is 592 g/mol. The maximum absolute atomic E-state index is 13.5. The average Bonchev–Trinajstić information content (AvgIpc) is 3.57. The molecule has 1 aliphatic rings. The maximum Gasteiger partial charge on any atom is 0.320 e. The topological polar surface area (TPSA) is 98.4 Å². The second-order valence-corrected chi connectivity index (χ2v) is 13.3. The highest BCUT2D eigenvalue weighted by Gasteiger charge is 2.30. The van der Waals surface area contributed by atoms with Crippen molar-refractivity contribution in [1.29, 1.82) is 0 Å². The van der Waals surface area contributed by atoms with E-state index in [1.807, 2.05) is 57.7 Å². The Morgan fingerprint density at radius 3 is 2.48 bits per heavy atom. The second-order valence-electron chi connectivity index (χ2n) is 13.3. The van der Waals surface area contributed by atoms with Crippen LogP contribution in [0.2, 0.25) is 0 Å². The number of urea groups is 1. The van der Waals surface area contributed by atoms with E-state index in [4.69, 9.17) is 9.84 Å². The lowest BCUT2D eigenvalue weighted by Gasteiger charge is -2.32. The largest absolute Gasteiger partial charge is 0.484 e. The zero-order chi connectivity index (χ0) is 31.0. The Hall–Kier alpha value is -4.66. The molecule has 5 aromatic rings. The van der Waals surface area contributed by atoms with Crippen LogP contribution in [-0.2, 0) is 6.42 Å². The molecule has 9 heteroatoms. The molecule has 9 nitrogen and oxygen atoms in total. The molecule has 0 radical (unpaired) electrons. The number of benzene rings is 2. The summed E-state index contributed by atoms with van der Waals surface area (Å²) in [5.41, 5.74) is 6.01. The number of nitrogens with zero attached hydrogens (tertiary/aromatic N) is 5. The number of aromatic nitrogens is 5. The van der Waals surface area contributed by atoms with Gasteiger partial charge in [-0.25, -0.2) is 9.48 Å². The Kier molecular flexibility index (Phi) is 7.88. The Morgan fingerprint density at radius 2 is 1.75 bits per heavy atom. The van der Waals surface area contributed by atoms with Crippen molar-refractivity contribution in [3.05, 3.63) is 101 Å². The summed E-state index contributed by atoms with van der Waals surface area (Å²) in [6.45, 7) is 12.8. The van der Waals surface area contributed by atoms with Crippen molar-refractivity contribution in [2.75, 3.05) is 5.32 Å². The lowest BCUT2D eigenvalue weighted by molar-refractivity contribution is 0.171. The third-order valence-corrected chi connectivity index (χ3v) is 7.93. The van der Waals surface area contributed by atoms with Crippen molar-refractivity contribution in [1.82, 2.24) is 29.7 Å². The number of anilines is 1. The van der Waals surface area contributed by atoms with Crippen molar-refractivity contribution < 1.29 is 9.53 Å². The summed E-state index contributed by atoms with van der Waals surface area (Å²) in [6.07, 6.45) is 4.13. The highest BCUT2D eigenvalue weighted by Crippen LogP contribution is 2.39. The molecule has 2 amide bonds. The number of hydrogen-bond acceptors (Lipinski definition) is 5. The van der Waals surface area contributed by atoms with E-state index in [1.54, 1.807) is 0 Å². The van der Waals surface area contributed by atoms with E-state index in [2.05, 4.69) is 86.6 Å². The van der Waals surface area contributed by atoms with Gasteiger partial charge >= 0.3 is 6.03 Å². The van der Waals surface area contributed by atoms with E-state index in [0.717, 1.165) is 59.0 Å².